The van der Waals surface area contributed by atoms with Gasteiger partial charge in [0.1, 0.15) is 0 Å². The van der Waals surface area contributed by atoms with Crippen LogP contribution < -0.4 is 5.73 Å². The van der Waals surface area contributed by atoms with Gasteiger partial charge < -0.3 is 10.5 Å². The van der Waals surface area contributed by atoms with Crippen LogP contribution in [0.4, 0.5) is 13.2 Å². The number of halogens is 3. The molecule has 0 aromatic rings. The highest BCUT2D eigenvalue weighted by atomic mass is 19.4. The van der Waals surface area contributed by atoms with Crippen molar-refractivity contribution in [2.75, 3.05) is 6.61 Å². The Kier molecular flexibility index (Phi) is 2.39. The first-order chi connectivity index (χ1) is 5.02. The largest absolute Gasteiger partial charge is 0.416 e. The van der Waals surface area contributed by atoms with Crippen molar-refractivity contribution in [3.05, 3.63) is 0 Å². The molecule has 1 saturated heterocycles. The molecule has 0 aliphatic carbocycles. The second-order valence-electron chi connectivity index (χ2n) is 2.64. The summed E-state index contributed by atoms with van der Waals surface area (Å²) in [5.74, 6) is 0. The van der Waals surface area contributed by atoms with Crippen molar-refractivity contribution in [1.29, 1.82) is 0 Å². The van der Waals surface area contributed by atoms with Crippen LogP contribution in [-0.2, 0) is 4.74 Å². The zero-order valence-electron chi connectivity index (χ0n) is 5.90. The SMILES string of the molecule is NC1CCCOC1C(F)(F)F. The van der Waals surface area contributed by atoms with Crippen LogP contribution in [0.25, 0.3) is 0 Å². The number of hydrogen-bond donors (Lipinski definition) is 1. The second kappa shape index (κ2) is 2.98. The molecule has 0 aromatic carbocycles. The monoisotopic (exact) mass is 169 g/mol. The molecule has 1 fully saturated rings. The molecule has 5 heteroatoms. The summed E-state index contributed by atoms with van der Waals surface area (Å²) in [5.41, 5.74) is 5.22. The topological polar surface area (TPSA) is 35.2 Å². The van der Waals surface area contributed by atoms with Crippen molar-refractivity contribution in [2.24, 2.45) is 5.73 Å². The highest BCUT2D eigenvalue weighted by Crippen LogP contribution is 2.28. The standard InChI is InChI=1S/C6H10F3NO/c7-6(8,9)5-4(10)2-1-3-11-5/h4-5H,1-3,10H2. The van der Waals surface area contributed by atoms with Crippen LogP contribution in [0.2, 0.25) is 0 Å². The van der Waals surface area contributed by atoms with Crippen LogP contribution >= 0.6 is 0 Å². The van der Waals surface area contributed by atoms with Gasteiger partial charge in [-0.25, -0.2) is 0 Å². The van der Waals surface area contributed by atoms with Crippen LogP contribution in [0, 0.1) is 0 Å². The van der Waals surface area contributed by atoms with Crippen molar-refractivity contribution in [1.82, 2.24) is 0 Å². The molecule has 0 spiro atoms. The number of alkyl halides is 3. The lowest BCUT2D eigenvalue weighted by Gasteiger charge is -2.30. The van der Waals surface area contributed by atoms with Crippen LogP contribution in [0.5, 0.6) is 0 Å². The molecular weight excluding hydrogens is 159 g/mol. The zero-order valence-corrected chi connectivity index (χ0v) is 5.90. The summed E-state index contributed by atoms with van der Waals surface area (Å²) in [6, 6.07) is -0.885. The van der Waals surface area contributed by atoms with E-state index in [1.165, 1.54) is 0 Å². The second-order valence-corrected chi connectivity index (χ2v) is 2.64. The normalized spacial score (nSPS) is 33.8. The molecular formula is C6H10F3NO. The number of hydrogen-bond acceptors (Lipinski definition) is 2. The molecule has 1 rings (SSSR count). The van der Waals surface area contributed by atoms with Gasteiger partial charge in [0.25, 0.3) is 0 Å². The van der Waals surface area contributed by atoms with E-state index < -0.39 is 18.3 Å². The molecule has 1 aliphatic heterocycles. The molecule has 0 amide bonds. The Balaban J connectivity index is 2.55. The maximum atomic E-state index is 12.0. The lowest BCUT2D eigenvalue weighted by molar-refractivity contribution is -0.234. The van der Waals surface area contributed by atoms with Crippen molar-refractivity contribution >= 4 is 0 Å². The van der Waals surface area contributed by atoms with Gasteiger partial charge >= 0.3 is 6.18 Å². The van der Waals surface area contributed by atoms with E-state index in [1.54, 1.807) is 0 Å². The summed E-state index contributed by atoms with van der Waals surface area (Å²) in [7, 11) is 0. The predicted molar refractivity (Wildman–Crippen MR) is 33.0 cm³/mol. The molecule has 1 heterocycles. The average Bonchev–Trinajstić information content (AvgIpc) is 1.86. The van der Waals surface area contributed by atoms with E-state index in [1.807, 2.05) is 0 Å². The third-order valence-corrected chi connectivity index (χ3v) is 1.69. The Bertz CT molecular complexity index is 136. The van der Waals surface area contributed by atoms with Gasteiger partial charge in [0.2, 0.25) is 0 Å². The van der Waals surface area contributed by atoms with E-state index in [4.69, 9.17) is 5.73 Å². The van der Waals surface area contributed by atoms with E-state index in [9.17, 15) is 13.2 Å². The van der Waals surface area contributed by atoms with Gasteiger partial charge in [-0.2, -0.15) is 13.2 Å². The summed E-state index contributed by atoms with van der Waals surface area (Å²) in [6.07, 6.45) is -5.05. The Labute approximate surface area is 62.5 Å². The minimum atomic E-state index is -4.31. The third kappa shape index (κ3) is 2.07. The van der Waals surface area contributed by atoms with E-state index in [-0.39, 0.29) is 6.61 Å². The van der Waals surface area contributed by atoms with E-state index >= 15 is 0 Å². The molecule has 0 bridgehead atoms. The first-order valence-electron chi connectivity index (χ1n) is 3.45. The number of ether oxygens (including phenoxy) is 1. The fourth-order valence-electron chi connectivity index (χ4n) is 1.14. The number of rotatable bonds is 0. The zero-order chi connectivity index (χ0) is 8.48. The van der Waals surface area contributed by atoms with Crippen LogP contribution in [0.15, 0.2) is 0 Å². The lowest BCUT2D eigenvalue weighted by Crippen LogP contribution is -2.49. The van der Waals surface area contributed by atoms with Crippen LogP contribution in [-0.4, -0.2) is 24.9 Å². The van der Waals surface area contributed by atoms with E-state index in [2.05, 4.69) is 4.74 Å². The molecule has 2 nitrogen and oxygen atoms in total. The number of nitrogens with two attached hydrogens (primary N) is 1. The smallest absolute Gasteiger partial charge is 0.367 e. The average molecular weight is 169 g/mol. The molecule has 0 saturated carbocycles. The molecule has 11 heavy (non-hydrogen) atoms. The molecule has 66 valence electrons. The van der Waals surface area contributed by atoms with Gasteiger partial charge in [-0.05, 0) is 12.8 Å². The lowest BCUT2D eigenvalue weighted by atomic mass is 10.0. The van der Waals surface area contributed by atoms with Crippen molar-refractivity contribution in [3.8, 4) is 0 Å². The van der Waals surface area contributed by atoms with Gasteiger partial charge in [0.05, 0.1) is 0 Å². The van der Waals surface area contributed by atoms with E-state index in [0.29, 0.717) is 12.8 Å². The molecule has 0 radical (unpaired) electrons. The van der Waals surface area contributed by atoms with Crippen LogP contribution in [0.3, 0.4) is 0 Å². The Hall–Kier alpha value is -0.290. The Morgan fingerprint density at radius 1 is 1.36 bits per heavy atom. The molecule has 0 aromatic heterocycles. The van der Waals surface area contributed by atoms with Gasteiger partial charge in [0, 0.05) is 12.6 Å². The van der Waals surface area contributed by atoms with Crippen molar-refractivity contribution in [2.45, 2.75) is 31.2 Å². The highest BCUT2D eigenvalue weighted by Gasteiger charge is 2.45. The fourth-order valence-corrected chi connectivity index (χ4v) is 1.14. The molecule has 2 atom stereocenters. The summed E-state index contributed by atoms with van der Waals surface area (Å²) in [4.78, 5) is 0. The summed E-state index contributed by atoms with van der Waals surface area (Å²) in [5, 5.41) is 0. The molecule has 2 unspecified atom stereocenters. The summed E-state index contributed by atoms with van der Waals surface area (Å²) < 4.78 is 40.5. The third-order valence-electron chi connectivity index (χ3n) is 1.69. The summed E-state index contributed by atoms with van der Waals surface area (Å²) >= 11 is 0. The Morgan fingerprint density at radius 2 is 2.00 bits per heavy atom. The minimum Gasteiger partial charge on any atom is -0.367 e. The van der Waals surface area contributed by atoms with Gasteiger partial charge in [-0.3, -0.25) is 0 Å². The quantitative estimate of drug-likeness (QED) is 0.588. The fraction of sp³-hybridized carbons (Fsp3) is 1.00. The maximum Gasteiger partial charge on any atom is 0.416 e. The molecule has 1 aliphatic rings. The van der Waals surface area contributed by atoms with Crippen molar-refractivity contribution < 1.29 is 17.9 Å². The van der Waals surface area contributed by atoms with Gasteiger partial charge in [-0.1, -0.05) is 0 Å². The summed E-state index contributed by atoms with van der Waals surface area (Å²) in [6.45, 7) is 0.165. The first-order valence-corrected chi connectivity index (χ1v) is 3.45. The maximum absolute atomic E-state index is 12.0. The van der Waals surface area contributed by atoms with Crippen LogP contribution in [0.1, 0.15) is 12.8 Å². The highest BCUT2D eigenvalue weighted by molar-refractivity contribution is 4.82. The minimum absolute atomic E-state index is 0.165. The van der Waals surface area contributed by atoms with Crippen molar-refractivity contribution in [3.63, 3.8) is 0 Å². The molecule has 2 N–H and O–H groups in total. The van der Waals surface area contributed by atoms with E-state index in [0.717, 1.165) is 0 Å². The van der Waals surface area contributed by atoms with Gasteiger partial charge in [0.15, 0.2) is 6.10 Å². The predicted octanol–water partition coefficient (Wildman–Crippen LogP) is 1.06. The first kappa shape index (κ1) is 8.80. The van der Waals surface area contributed by atoms with Gasteiger partial charge in [-0.15, -0.1) is 0 Å². The Morgan fingerprint density at radius 3 is 2.36 bits per heavy atom.